The Bertz CT molecular complexity index is 776. The van der Waals surface area contributed by atoms with Crippen LogP contribution in [-0.2, 0) is 0 Å². The molecule has 2 heterocycles. The summed E-state index contributed by atoms with van der Waals surface area (Å²) in [5.74, 6) is 1.64. The maximum Gasteiger partial charge on any atom is 0.168 e. The number of rotatable bonds is 4. The van der Waals surface area contributed by atoms with Crippen molar-refractivity contribution in [1.29, 1.82) is 0 Å². The number of nitrogens with zero attached hydrogens (tertiary/aromatic N) is 4. The van der Waals surface area contributed by atoms with Crippen molar-refractivity contribution in [3.8, 4) is 5.69 Å². The molecular formula is C17H19N5. The zero-order valence-electron chi connectivity index (χ0n) is 12.6. The molecule has 0 bridgehead atoms. The van der Waals surface area contributed by atoms with Crippen molar-refractivity contribution in [2.75, 3.05) is 5.32 Å². The van der Waals surface area contributed by atoms with Gasteiger partial charge in [-0.15, -0.1) is 0 Å². The van der Waals surface area contributed by atoms with Gasteiger partial charge in [0.15, 0.2) is 5.65 Å². The predicted octanol–water partition coefficient (Wildman–Crippen LogP) is 3.42. The third kappa shape index (κ3) is 2.22. The van der Waals surface area contributed by atoms with Crippen LogP contribution in [0.25, 0.3) is 16.7 Å². The lowest BCUT2D eigenvalue weighted by atomic mass is 9.80. The van der Waals surface area contributed by atoms with Crippen molar-refractivity contribution >= 4 is 16.9 Å². The lowest BCUT2D eigenvalue weighted by molar-refractivity contribution is 0.285. The summed E-state index contributed by atoms with van der Waals surface area (Å²) in [7, 11) is 0. The molecule has 1 atom stereocenters. The SMILES string of the molecule is CC(Nc1ncnc2c1cnn2-c1ccccc1)C1CCC1. The van der Waals surface area contributed by atoms with Crippen LogP contribution >= 0.6 is 0 Å². The van der Waals surface area contributed by atoms with Crippen LogP contribution in [0.1, 0.15) is 26.2 Å². The van der Waals surface area contributed by atoms with E-state index in [9.17, 15) is 0 Å². The second kappa shape index (κ2) is 5.40. The first kappa shape index (κ1) is 13.2. The Morgan fingerprint density at radius 2 is 2.00 bits per heavy atom. The largest absolute Gasteiger partial charge is 0.367 e. The van der Waals surface area contributed by atoms with E-state index >= 15 is 0 Å². The van der Waals surface area contributed by atoms with E-state index in [1.807, 2.05) is 41.2 Å². The first-order valence-electron chi connectivity index (χ1n) is 7.83. The summed E-state index contributed by atoms with van der Waals surface area (Å²) in [6.45, 7) is 2.24. The van der Waals surface area contributed by atoms with Crippen LogP contribution < -0.4 is 5.32 Å². The standard InChI is InChI=1S/C17H19N5/c1-12(13-6-5-7-13)21-16-15-10-20-22(17(15)19-11-18-16)14-8-3-2-4-9-14/h2-4,8-13H,5-7H2,1H3,(H,18,19,21). The van der Waals surface area contributed by atoms with Gasteiger partial charge in [-0.2, -0.15) is 5.10 Å². The van der Waals surface area contributed by atoms with Gasteiger partial charge in [-0.05, 0) is 37.8 Å². The van der Waals surface area contributed by atoms with Gasteiger partial charge in [0.1, 0.15) is 12.1 Å². The van der Waals surface area contributed by atoms with E-state index in [2.05, 4.69) is 27.3 Å². The van der Waals surface area contributed by atoms with Gasteiger partial charge in [0.05, 0.1) is 17.3 Å². The Morgan fingerprint density at radius 3 is 2.73 bits per heavy atom. The fourth-order valence-corrected chi connectivity index (χ4v) is 2.99. The molecule has 0 aliphatic heterocycles. The van der Waals surface area contributed by atoms with E-state index in [-0.39, 0.29) is 0 Å². The van der Waals surface area contributed by atoms with Gasteiger partial charge in [-0.1, -0.05) is 24.6 Å². The quantitative estimate of drug-likeness (QED) is 0.801. The number of nitrogens with one attached hydrogen (secondary N) is 1. The summed E-state index contributed by atoms with van der Waals surface area (Å²) < 4.78 is 1.86. The zero-order valence-corrected chi connectivity index (χ0v) is 12.6. The lowest BCUT2D eigenvalue weighted by Gasteiger charge is -2.32. The van der Waals surface area contributed by atoms with Crippen LogP contribution in [0.15, 0.2) is 42.9 Å². The Labute approximate surface area is 129 Å². The number of benzene rings is 1. The van der Waals surface area contributed by atoms with Crippen LogP contribution in [0.4, 0.5) is 5.82 Å². The number of hydrogen-bond donors (Lipinski definition) is 1. The monoisotopic (exact) mass is 293 g/mol. The maximum atomic E-state index is 4.49. The van der Waals surface area contributed by atoms with Crippen LogP contribution in [0.3, 0.4) is 0 Å². The van der Waals surface area contributed by atoms with E-state index in [1.54, 1.807) is 6.33 Å². The number of para-hydroxylation sites is 1. The fraction of sp³-hybridized carbons (Fsp3) is 0.353. The van der Waals surface area contributed by atoms with Crippen molar-refractivity contribution < 1.29 is 0 Å². The molecule has 5 heteroatoms. The molecule has 22 heavy (non-hydrogen) atoms. The Morgan fingerprint density at radius 1 is 1.18 bits per heavy atom. The second-order valence-electron chi connectivity index (χ2n) is 5.98. The van der Waals surface area contributed by atoms with Crippen LogP contribution in [-0.4, -0.2) is 25.8 Å². The van der Waals surface area contributed by atoms with Crippen molar-refractivity contribution in [2.45, 2.75) is 32.2 Å². The van der Waals surface area contributed by atoms with Crippen LogP contribution in [0, 0.1) is 5.92 Å². The van der Waals surface area contributed by atoms with Gasteiger partial charge in [0.2, 0.25) is 0 Å². The van der Waals surface area contributed by atoms with Gasteiger partial charge in [-0.25, -0.2) is 14.6 Å². The molecule has 2 aromatic heterocycles. The van der Waals surface area contributed by atoms with E-state index in [0.29, 0.717) is 6.04 Å². The van der Waals surface area contributed by atoms with Gasteiger partial charge >= 0.3 is 0 Å². The Balaban J connectivity index is 1.70. The number of fused-ring (bicyclic) bond motifs is 1. The van der Waals surface area contributed by atoms with E-state index in [4.69, 9.17) is 0 Å². The molecule has 1 aliphatic carbocycles. The average molecular weight is 293 g/mol. The molecule has 0 radical (unpaired) electrons. The van der Waals surface area contributed by atoms with E-state index in [1.165, 1.54) is 19.3 Å². The number of hydrogen-bond acceptors (Lipinski definition) is 4. The maximum absolute atomic E-state index is 4.49. The predicted molar refractivity (Wildman–Crippen MR) is 87.1 cm³/mol. The van der Waals surface area contributed by atoms with Gasteiger partial charge in [-0.3, -0.25) is 0 Å². The highest BCUT2D eigenvalue weighted by molar-refractivity contribution is 5.87. The van der Waals surface area contributed by atoms with Gasteiger partial charge < -0.3 is 5.32 Å². The molecule has 4 rings (SSSR count). The first-order valence-corrected chi connectivity index (χ1v) is 7.83. The zero-order chi connectivity index (χ0) is 14.9. The summed E-state index contributed by atoms with van der Waals surface area (Å²) >= 11 is 0. The number of aromatic nitrogens is 4. The Hall–Kier alpha value is -2.43. The summed E-state index contributed by atoms with van der Waals surface area (Å²) in [6, 6.07) is 10.5. The fourth-order valence-electron chi connectivity index (χ4n) is 2.99. The molecule has 1 fully saturated rings. The molecule has 112 valence electrons. The van der Waals surface area contributed by atoms with Crippen molar-refractivity contribution in [1.82, 2.24) is 19.7 Å². The van der Waals surface area contributed by atoms with Gasteiger partial charge in [0, 0.05) is 6.04 Å². The van der Waals surface area contributed by atoms with Crippen LogP contribution in [0.5, 0.6) is 0 Å². The minimum Gasteiger partial charge on any atom is -0.367 e. The molecule has 1 saturated carbocycles. The molecule has 5 nitrogen and oxygen atoms in total. The van der Waals surface area contributed by atoms with Crippen LogP contribution in [0.2, 0.25) is 0 Å². The summed E-state index contributed by atoms with van der Waals surface area (Å²) in [6.07, 6.45) is 7.43. The summed E-state index contributed by atoms with van der Waals surface area (Å²) in [5, 5.41) is 9.00. The highest BCUT2D eigenvalue weighted by Gasteiger charge is 2.24. The normalized spacial score (nSPS) is 16.4. The average Bonchev–Trinajstić information content (AvgIpc) is 2.91. The molecule has 1 N–H and O–H groups in total. The lowest BCUT2D eigenvalue weighted by Crippen LogP contribution is -2.31. The summed E-state index contributed by atoms with van der Waals surface area (Å²) in [4.78, 5) is 8.83. The topological polar surface area (TPSA) is 55.6 Å². The van der Waals surface area contributed by atoms with Crippen molar-refractivity contribution in [3.05, 3.63) is 42.9 Å². The third-order valence-corrected chi connectivity index (χ3v) is 4.59. The summed E-state index contributed by atoms with van der Waals surface area (Å²) in [5.41, 5.74) is 1.85. The molecule has 3 aromatic rings. The minimum atomic E-state index is 0.437. The molecule has 1 aliphatic rings. The highest BCUT2D eigenvalue weighted by atomic mass is 15.3. The van der Waals surface area contributed by atoms with Crippen molar-refractivity contribution in [3.63, 3.8) is 0 Å². The Kier molecular flexibility index (Phi) is 3.25. The van der Waals surface area contributed by atoms with Crippen molar-refractivity contribution in [2.24, 2.45) is 5.92 Å². The van der Waals surface area contributed by atoms with Gasteiger partial charge in [0.25, 0.3) is 0 Å². The molecule has 1 aromatic carbocycles. The molecule has 0 spiro atoms. The number of anilines is 1. The van der Waals surface area contributed by atoms with E-state index in [0.717, 1.165) is 28.5 Å². The molecule has 1 unspecified atom stereocenters. The van der Waals surface area contributed by atoms with E-state index < -0.39 is 0 Å². The second-order valence-corrected chi connectivity index (χ2v) is 5.98. The molecular weight excluding hydrogens is 274 g/mol. The minimum absolute atomic E-state index is 0.437. The molecule has 0 saturated heterocycles. The molecule has 0 amide bonds. The third-order valence-electron chi connectivity index (χ3n) is 4.59. The smallest absolute Gasteiger partial charge is 0.168 e. The highest BCUT2D eigenvalue weighted by Crippen LogP contribution is 2.31. The first-order chi connectivity index (χ1) is 10.8.